The highest BCUT2D eigenvalue weighted by Gasteiger charge is 2.20. The first-order valence-corrected chi connectivity index (χ1v) is 7.39. The molecule has 1 aromatic rings. The lowest BCUT2D eigenvalue weighted by Crippen LogP contribution is -2.40. The Morgan fingerprint density at radius 2 is 2.20 bits per heavy atom. The van der Waals surface area contributed by atoms with Gasteiger partial charge < -0.3 is 15.8 Å². The summed E-state index contributed by atoms with van der Waals surface area (Å²) >= 11 is 0. The first-order chi connectivity index (χ1) is 9.79. The minimum absolute atomic E-state index is 0.0573. The normalized spacial score (nSPS) is 20.4. The molecule has 1 amide bonds. The van der Waals surface area contributed by atoms with Gasteiger partial charge in [-0.2, -0.15) is 0 Å². The van der Waals surface area contributed by atoms with Crippen molar-refractivity contribution in [1.82, 2.24) is 5.32 Å². The second-order valence-electron chi connectivity index (χ2n) is 5.45. The van der Waals surface area contributed by atoms with Crippen molar-refractivity contribution < 1.29 is 9.53 Å². The SMILES string of the molecule is NCC(Cc1ccccc1)C(=O)NCC1CCCOC1. The van der Waals surface area contributed by atoms with Crippen LogP contribution in [-0.4, -0.2) is 32.2 Å². The molecular weight excluding hydrogens is 252 g/mol. The Kier molecular flexibility index (Phi) is 6.02. The Balaban J connectivity index is 1.79. The number of nitrogens with one attached hydrogen (secondary N) is 1. The molecule has 2 atom stereocenters. The summed E-state index contributed by atoms with van der Waals surface area (Å²) in [7, 11) is 0. The first kappa shape index (κ1) is 15.0. The van der Waals surface area contributed by atoms with Gasteiger partial charge in [0.25, 0.3) is 0 Å². The van der Waals surface area contributed by atoms with Crippen molar-refractivity contribution in [1.29, 1.82) is 0 Å². The summed E-state index contributed by atoms with van der Waals surface area (Å²) < 4.78 is 5.42. The lowest BCUT2D eigenvalue weighted by Gasteiger charge is -2.23. The van der Waals surface area contributed by atoms with Gasteiger partial charge in [0, 0.05) is 19.7 Å². The zero-order chi connectivity index (χ0) is 14.2. The van der Waals surface area contributed by atoms with Crippen LogP contribution >= 0.6 is 0 Å². The lowest BCUT2D eigenvalue weighted by molar-refractivity contribution is -0.125. The molecule has 1 aliphatic rings. The third-order valence-corrected chi connectivity index (χ3v) is 3.80. The summed E-state index contributed by atoms with van der Waals surface area (Å²) in [5, 5.41) is 3.02. The Morgan fingerprint density at radius 1 is 1.40 bits per heavy atom. The molecule has 0 aliphatic carbocycles. The summed E-state index contributed by atoms with van der Waals surface area (Å²) in [4.78, 5) is 12.2. The fourth-order valence-electron chi connectivity index (χ4n) is 2.54. The van der Waals surface area contributed by atoms with Crippen LogP contribution in [0.15, 0.2) is 30.3 Å². The zero-order valence-electron chi connectivity index (χ0n) is 11.9. The van der Waals surface area contributed by atoms with E-state index in [0.29, 0.717) is 25.4 Å². The van der Waals surface area contributed by atoms with Crippen molar-refractivity contribution in [3.63, 3.8) is 0 Å². The quantitative estimate of drug-likeness (QED) is 0.824. The van der Waals surface area contributed by atoms with Crippen molar-refractivity contribution in [3.8, 4) is 0 Å². The summed E-state index contributed by atoms with van der Waals surface area (Å²) in [5.74, 6) is 0.353. The molecule has 0 spiro atoms. The molecule has 1 aromatic carbocycles. The van der Waals surface area contributed by atoms with Crippen LogP contribution in [0.5, 0.6) is 0 Å². The summed E-state index contributed by atoms with van der Waals surface area (Å²) in [5.41, 5.74) is 6.90. The van der Waals surface area contributed by atoms with Crippen molar-refractivity contribution in [3.05, 3.63) is 35.9 Å². The van der Waals surface area contributed by atoms with Crippen molar-refractivity contribution in [2.24, 2.45) is 17.6 Å². The number of carbonyl (C=O) groups is 1. The third-order valence-electron chi connectivity index (χ3n) is 3.80. The van der Waals surface area contributed by atoms with Crippen LogP contribution in [0, 0.1) is 11.8 Å². The molecule has 110 valence electrons. The predicted molar refractivity (Wildman–Crippen MR) is 79.2 cm³/mol. The zero-order valence-corrected chi connectivity index (χ0v) is 11.9. The number of hydrogen-bond donors (Lipinski definition) is 2. The predicted octanol–water partition coefficient (Wildman–Crippen LogP) is 1.35. The Hall–Kier alpha value is -1.39. The highest BCUT2D eigenvalue weighted by Crippen LogP contribution is 2.13. The molecule has 1 saturated heterocycles. The van der Waals surface area contributed by atoms with Crippen LogP contribution in [0.25, 0.3) is 0 Å². The van der Waals surface area contributed by atoms with Crippen LogP contribution in [0.2, 0.25) is 0 Å². The molecule has 2 rings (SSSR count). The smallest absolute Gasteiger partial charge is 0.224 e. The number of amides is 1. The first-order valence-electron chi connectivity index (χ1n) is 7.39. The van der Waals surface area contributed by atoms with E-state index in [9.17, 15) is 4.79 Å². The molecule has 0 saturated carbocycles. The van der Waals surface area contributed by atoms with Gasteiger partial charge in [0.2, 0.25) is 5.91 Å². The maximum atomic E-state index is 12.2. The van der Waals surface area contributed by atoms with E-state index < -0.39 is 0 Å². The van der Waals surface area contributed by atoms with Crippen LogP contribution in [0.1, 0.15) is 18.4 Å². The van der Waals surface area contributed by atoms with E-state index in [4.69, 9.17) is 10.5 Å². The second kappa shape index (κ2) is 8.02. The minimum Gasteiger partial charge on any atom is -0.381 e. The van der Waals surface area contributed by atoms with Crippen LogP contribution in [0.4, 0.5) is 0 Å². The molecule has 1 heterocycles. The molecule has 0 radical (unpaired) electrons. The molecule has 20 heavy (non-hydrogen) atoms. The Bertz CT molecular complexity index is 402. The van der Waals surface area contributed by atoms with Gasteiger partial charge in [-0.3, -0.25) is 4.79 Å². The molecule has 2 unspecified atom stereocenters. The Labute approximate surface area is 120 Å². The molecule has 4 nitrogen and oxygen atoms in total. The van der Waals surface area contributed by atoms with Crippen LogP contribution in [-0.2, 0) is 16.0 Å². The van der Waals surface area contributed by atoms with Crippen molar-refractivity contribution >= 4 is 5.91 Å². The van der Waals surface area contributed by atoms with Gasteiger partial charge in [-0.1, -0.05) is 30.3 Å². The van der Waals surface area contributed by atoms with Gasteiger partial charge in [0.15, 0.2) is 0 Å². The van der Waals surface area contributed by atoms with E-state index >= 15 is 0 Å². The van der Waals surface area contributed by atoms with E-state index in [1.807, 2.05) is 30.3 Å². The van der Waals surface area contributed by atoms with E-state index in [-0.39, 0.29) is 11.8 Å². The van der Waals surface area contributed by atoms with Gasteiger partial charge >= 0.3 is 0 Å². The van der Waals surface area contributed by atoms with Gasteiger partial charge in [-0.05, 0) is 30.7 Å². The molecular formula is C16H24N2O2. The molecule has 3 N–H and O–H groups in total. The molecule has 0 aromatic heterocycles. The average molecular weight is 276 g/mol. The van der Waals surface area contributed by atoms with E-state index in [2.05, 4.69) is 5.32 Å². The van der Waals surface area contributed by atoms with Crippen molar-refractivity contribution in [2.75, 3.05) is 26.3 Å². The van der Waals surface area contributed by atoms with E-state index in [1.54, 1.807) is 0 Å². The fourth-order valence-corrected chi connectivity index (χ4v) is 2.54. The third kappa shape index (κ3) is 4.62. The highest BCUT2D eigenvalue weighted by atomic mass is 16.5. The number of ether oxygens (including phenoxy) is 1. The standard InChI is InChI=1S/C16H24N2O2/c17-10-15(9-13-5-2-1-3-6-13)16(19)18-11-14-7-4-8-20-12-14/h1-3,5-6,14-15H,4,7-12,17H2,(H,18,19). The number of benzene rings is 1. The summed E-state index contributed by atoms with van der Waals surface area (Å²) in [6, 6.07) is 10.0. The van der Waals surface area contributed by atoms with Crippen LogP contribution < -0.4 is 11.1 Å². The van der Waals surface area contributed by atoms with Gasteiger partial charge in [0.1, 0.15) is 0 Å². The van der Waals surface area contributed by atoms with E-state index in [1.165, 1.54) is 0 Å². The maximum absolute atomic E-state index is 12.2. The van der Waals surface area contributed by atoms with Crippen molar-refractivity contribution in [2.45, 2.75) is 19.3 Å². The summed E-state index contributed by atoms with van der Waals surface area (Å²) in [6.45, 7) is 2.68. The molecule has 0 bridgehead atoms. The number of carbonyl (C=O) groups excluding carboxylic acids is 1. The Morgan fingerprint density at radius 3 is 2.85 bits per heavy atom. The van der Waals surface area contributed by atoms with Gasteiger partial charge in [-0.15, -0.1) is 0 Å². The highest BCUT2D eigenvalue weighted by molar-refractivity contribution is 5.79. The number of hydrogen-bond acceptors (Lipinski definition) is 3. The van der Waals surface area contributed by atoms with Gasteiger partial charge in [-0.25, -0.2) is 0 Å². The topological polar surface area (TPSA) is 64.4 Å². The largest absolute Gasteiger partial charge is 0.381 e. The number of nitrogens with two attached hydrogens (primary N) is 1. The fraction of sp³-hybridized carbons (Fsp3) is 0.562. The molecule has 4 heteroatoms. The summed E-state index contributed by atoms with van der Waals surface area (Å²) in [6.07, 6.45) is 2.92. The average Bonchev–Trinajstić information content (AvgIpc) is 2.52. The second-order valence-corrected chi connectivity index (χ2v) is 5.45. The number of rotatable bonds is 6. The van der Waals surface area contributed by atoms with Crippen LogP contribution in [0.3, 0.4) is 0 Å². The molecule has 1 aliphatic heterocycles. The molecule has 1 fully saturated rings. The lowest BCUT2D eigenvalue weighted by atomic mass is 9.97. The monoisotopic (exact) mass is 276 g/mol. The van der Waals surface area contributed by atoms with Gasteiger partial charge in [0.05, 0.1) is 12.5 Å². The van der Waals surface area contributed by atoms with E-state index in [0.717, 1.165) is 31.6 Å². The maximum Gasteiger partial charge on any atom is 0.224 e. The minimum atomic E-state index is -0.151.